The standard InChI is InChI=1S/C10H16N2O3S/c1-8(2)16(14,15)6-5-12-4-3-10(13)9(11)7-12/h3-4,7-8H,5-6,11H2,1-2H3. The van der Waals surface area contributed by atoms with Crippen LogP contribution >= 0.6 is 0 Å². The fourth-order valence-electron chi connectivity index (χ4n) is 1.15. The van der Waals surface area contributed by atoms with Gasteiger partial charge in [0.05, 0.1) is 16.7 Å². The number of nitrogens with zero attached hydrogens (tertiary/aromatic N) is 1. The van der Waals surface area contributed by atoms with Gasteiger partial charge in [0.2, 0.25) is 5.43 Å². The van der Waals surface area contributed by atoms with Gasteiger partial charge in [-0.25, -0.2) is 8.42 Å². The van der Waals surface area contributed by atoms with Gasteiger partial charge in [0, 0.05) is 25.0 Å². The minimum atomic E-state index is -3.06. The molecule has 2 N–H and O–H groups in total. The molecule has 16 heavy (non-hydrogen) atoms. The maximum absolute atomic E-state index is 11.5. The lowest BCUT2D eigenvalue weighted by Gasteiger charge is -2.09. The third-order valence-corrected chi connectivity index (χ3v) is 4.55. The van der Waals surface area contributed by atoms with Gasteiger partial charge in [0.1, 0.15) is 0 Å². The average Bonchev–Trinajstić information content (AvgIpc) is 2.20. The monoisotopic (exact) mass is 244 g/mol. The highest BCUT2D eigenvalue weighted by Crippen LogP contribution is 2.02. The minimum Gasteiger partial charge on any atom is -0.394 e. The number of hydrogen-bond acceptors (Lipinski definition) is 4. The molecule has 0 radical (unpaired) electrons. The van der Waals surface area contributed by atoms with Crippen LogP contribution in [0, 0.1) is 0 Å². The Labute approximate surface area is 94.8 Å². The molecule has 0 aliphatic rings. The van der Waals surface area contributed by atoms with Crippen molar-refractivity contribution >= 4 is 15.5 Å². The van der Waals surface area contributed by atoms with Crippen molar-refractivity contribution in [3.63, 3.8) is 0 Å². The fraction of sp³-hybridized carbons (Fsp3) is 0.500. The minimum absolute atomic E-state index is 0.0486. The van der Waals surface area contributed by atoms with Crippen molar-refractivity contribution in [2.75, 3.05) is 11.5 Å². The Bertz CT molecular complexity index is 517. The lowest BCUT2D eigenvalue weighted by atomic mass is 10.4. The molecular formula is C10H16N2O3S. The summed E-state index contributed by atoms with van der Waals surface area (Å²) in [5.74, 6) is 0.0486. The first-order chi connectivity index (χ1) is 7.33. The van der Waals surface area contributed by atoms with Crippen molar-refractivity contribution in [1.82, 2.24) is 4.57 Å². The zero-order chi connectivity index (χ0) is 12.3. The summed E-state index contributed by atoms with van der Waals surface area (Å²) in [5, 5.41) is -0.385. The molecule has 1 heterocycles. The summed E-state index contributed by atoms with van der Waals surface area (Å²) in [6, 6.07) is 1.33. The smallest absolute Gasteiger partial charge is 0.204 e. The predicted octanol–water partition coefficient (Wildman–Crippen LogP) is 0.254. The molecule has 0 aromatic carbocycles. The number of nitrogen functional groups attached to an aromatic ring is 1. The topological polar surface area (TPSA) is 82.2 Å². The van der Waals surface area contributed by atoms with E-state index in [1.165, 1.54) is 18.5 Å². The number of aryl methyl sites for hydroxylation is 1. The quantitative estimate of drug-likeness (QED) is 0.823. The number of anilines is 1. The molecule has 5 nitrogen and oxygen atoms in total. The van der Waals surface area contributed by atoms with E-state index < -0.39 is 9.84 Å². The molecule has 0 amide bonds. The van der Waals surface area contributed by atoms with Gasteiger partial charge >= 0.3 is 0 Å². The van der Waals surface area contributed by atoms with Crippen molar-refractivity contribution < 1.29 is 8.42 Å². The van der Waals surface area contributed by atoms with E-state index in [0.29, 0.717) is 6.54 Å². The van der Waals surface area contributed by atoms with E-state index in [9.17, 15) is 13.2 Å². The second-order valence-electron chi connectivity index (χ2n) is 3.92. The third-order valence-electron chi connectivity index (χ3n) is 2.36. The average molecular weight is 244 g/mol. The summed E-state index contributed by atoms with van der Waals surface area (Å²) in [4.78, 5) is 11.0. The molecule has 1 rings (SSSR count). The Morgan fingerprint density at radius 1 is 1.44 bits per heavy atom. The molecule has 90 valence electrons. The number of aromatic nitrogens is 1. The zero-order valence-electron chi connectivity index (χ0n) is 9.38. The summed E-state index contributed by atoms with van der Waals surface area (Å²) in [7, 11) is -3.06. The molecule has 0 bridgehead atoms. The highest BCUT2D eigenvalue weighted by Gasteiger charge is 2.15. The number of rotatable bonds is 4. The summed E-state index contributed by atoms with van der Waals surface area (Å²) in [6.07, 6.45) is 2.99. The molecule has 0 aliphatic carbocycles. The largest absolute Gasteiger partial charge is 0.394 e. The van der Waals surface area contributed by atoms with Gasteiger partial charge in [-0.1, -0.05) is 0 Å². The molecule has 0 atom stereocenters. The number of sulfone groups is 1. The second-order valence-corrected chi connectivity index (χ2v) is 6.59. The Balaban J connectivity index is 2.76. The Kier molecular flexibility index (Phi) is 3.74. The second kappa shape index (κ2) is 4.69. The van der Waals surface area contributed by atoms with Gasteiger partial charge in [-0.05, 0) is 13.8 Å². The van der Waals surface area contributed by atoms with Gasteiger partial charge in [0.25, 0.3) is 0 Å². The van der Waals surface area contributed by atoms with Gasteiger partial charge < -0.3 is 10.3 Å². The van der Waals surface area contributed by atoms with Crippen LogP contribution in [0.25, 0.3) is 0 Å². The van der Waals surface area contributed by atoms with Crippen molar-refractivity contribution in [1.29, 1.82) is 0 Å². The van der Waals surface area contributed by atoms with Crippen LogP contribution in [0.5, 0.6) is 0 Å². The zero-order valence-corrected chi connectivity index (χ0v) is 10.2. The molecule has 0 saturated heterocycles. The van der Waals surface area contributed by atoms with Crippen molar-refractivity contribution in [3.05, 3.63) is 28.7 Å². The van der Waals surface area contributed by atoms with Crippen LogP contribution < -0.4 is 11.2 Å². The maximum Gasteiger partial charge on any atom is 0.204 e. The third kappa shape index (κ3) is 3.10. The number of nitrogens with two attached hydrogens (primary N) is 1. The van der Waals surface area contributed by atoms with Crippen molar-refractivity contribution in [2.45, 2.75) is 25.6 Å². The number of pyridine rings is 1. The molecule has 0 spiro atoms. The summed E-state index contributed by atoms with van der Waals surface area (Å²) >= 11 is 0. The molecule has 0 fully saturated rings. The molecule has 0 aliphatic heterocycles. The highest BCUT2D eigenvalue weighted by atomic mass is 32.2. The summed E-state index contributed by atoms with van der Waals surface area (Å²) < 4.78 is 24.7. The van der Waals surface area contributed by atoms with Crippen LogP contribution in [-0.2, 0) is 16.4 Å². The van der Waals surface area contributed by atoms with Crippen LogP contribution in [0.15, 0.2) is 23.3 Å². The first kappa shape index (κ1) is 12.8. The van der Waals surface area contributed by atoms with E-state index in [1.54, 1.807) is 18.4 Å². The number of hydrogen-bond donors (Lipinski definition) is 1. The molecule has 0 saturated carbocycles. The van der Waals surface area contributed by atoms with Gasteiger partial charge in [-0.2, -0.15) is 0 Å². The van der Waals surface area contributed by atoms with Crippen LogP contribution in [0.1, 0.15) is 13.8 Å². The molecule has 1 aromatic heterocycles. The lowest BCUT2D eigenvalue weighted by Crippen LogP contribution is -2.22. The maximum atomic E-state index is 11.5. The normalized spacial score (nSPS) is 11.9. The van der Waals surface area contributed by atoms with E-state index in [2.05, 4.69) is 0 Å². The van der Waals surface area contributed by atoms with Gasteiger partial charge in [-0.3, -0.25) is 4.79 Å². The molecule has 0 unspecified atom stereocenters. The SMILES string of the molecule is CC(C)S(=O)(=O)CCn1ccc(=O)c(N)c1. The molecule has 6 heteroatoms. The van der Waals surface area contributed by atoms with Crippen molar-refractivity contribution in [3.8, 4) is 0 Å². The van der Waals surface area contributed by atoms with E-state index in [-0.39, 0.29) is 22.1 Å². The Morgan fingerprint density at radius 3 is 2.56 bits per heavy atom. The van der Waals surface area contributed by atoms with Gasteiger partial charge in [0.15, 0.2) is 9.84 Å². The van der Waals surface area contributed by atoms with E-state index >= 15 is 0 Å². The predicted molar refractivity (Wildman–Crippen MR) is 64.0 cm³/mol. The fourth-order valence-corrected chi connectivity index (χ4v) is 2.09. The van der Waals surface area contributed by atoms with Crippen LogP contribution in [-0.4, -0.2) is 24.0 Å². The molecule has 1 aromatic rings. The van der Waals surface area contributed by atoms with Gasteiger partial charge in [-0.15, -0.1) is 0 Å². The lowest BCUT2D eigenvalue weighted by molar-refractivity contribution is 0.580. The van der Waals surface area contributed by atoms with Crippen LogP contribution in [0.4, 0.5) is 5.69 Å². The first-order valence-electron chi connectivity index (χ1n) is 5.00. The van der Waals surface area contributed by atoms with E-state index in [4.69, 9.17) is 5.73 Å². The summed E-state index contributed by atoms with van der Waals surface area (Å²) in [6.45, 7) is 3.61. The first-order valence-corrected chi connectivity index (χ1v) is 6.71. The van der Waals surface area contributed by atoms with Crippen LogP contribution in [0.3, 0.4) is 0 Å². The molecular weight excluding hydrogens is 228 g/mol. The van der Waals surface area contributed by atoms with E-state index in [1.807, 2.05) is 0 Å². The Hall–Kier alpha value is -1.30. The Morgan fingerprint density at radius 2 is 2.06 bits per heavy atom. The summed E-state index contributed by atoms with van der Waals surface area (Å²) in [5.41, 5.74) is 5.32. The highest BCUT2D eigenvalue weighted by molar-refractivity contribution is 7.91. The van der Waals surface area contributed by atoms with Crippen molar-refractivity contribution in [2.24, 2.45) is 0 Å². The van der Waals surface area contributed by atoms with Crippen LogP contribution in [0.2, 0.25) is 0 Å². The van der Waals surface area contributed by atoms with E-state index in [0.717, 1.165) is 0 Å².